The van der Waals surface area contributed by atoms with Crippen molar-refractivity contribution in [2.45, 2.75) is 78.2 Å². The van der Waals surface area contributed by atoms with Crippen LogP contribution in [0.4, 0.5) is 0 Å². The highest BCUT2D eigenvalue weighted by Crippen LogP contribution is 2.05. The molecule has 1 amide bonds. The van der Waals surface area contributed by atoms with E-state index in [9.17, 15) is 14.4 Å². The van der Waals surface area contributed by atoms with Gasteiger partial charge in [0.25, 0.3) is 0 Å². The zero-order valence-corrected chi connectivity index (χ0v) is 14.7. The van der Waals surface area contributed by atoms with Gasteiger partial charge < -0.3 is 14.8 Å². The van der Waals surface area contributed by atoms with Crippen LogP contribution in [0.1, 0.15) is 72.1 Å². The number of ether oxygens (including phenoxy) is 2. The van der Waals surface area contributed by atoms with Gasteiger partial charge in [0.05, 0.1) is 13.2 Å². The van der Waals surface area contributed by atoms with Crippen LogP contribution in [0.5, 0.6) is 0 Å². The average Bonchev–Trinajstić information content (AvgIpc) is 2.52. The summed E-state index contributed by atoms with van der Waals surface area (Å²) in [6.07, 6.45) is 4.80. The average molecular weight is 329 g/mol. The van der Waals surface area contributed by atoms with Gasteiger partial charge >= 0.3 is 11.9 Å². The highest BCUT2D eigenvalue weighted by atomic mass is 16.5. The number of esters is 2. The summed E-state index contributed by atoms with van der Waals surface area (Å²) in [7, 11) is 0. The SMILES string of the molecule is CCCCOC(=O)CC[C@H](NC(=O)CCC)C(=O)OCCCC. The van der Waals surface area contributed by atoms with Gasteiger partial charge in [-0.2, -0.15) is 0 Å². The molecule has 0 radical (unpaired) electrons. The van der Waals surface area contributed by atoms with Gasteiger partial charge in [-0.15, -0.1) is 0 Å². The first-order valence-corrected chi connectivity index (χ1v) is 8.66. The van der Waals surface area contributed by atoms with Gasteiger partial charge in [0, 0.05) is 12.8 Å². The van der Waals surface area contributed by atoms with Gasteiger partial charge in [0.15, 0.2) is 0 Å². The van der Waals surface area contributed by atoms with E-state index in [4.69, 9.17) is 9.47 Å². The van der Waals surface area contributed by atoms with Crippen molar-refractivity contribution in [1.29, 1.82) is 0 Å². The lowest BCUT2D eigenvalue weighted by Gasteiger charge is -2.17. The molecule has 1 atom stereocenters. The van der Waals surface area contributed by atoms with Crippen molar-refractivity contribution in [3.63, 3.8) is 0 Å². The Kier molecular flexibility index (Phi) is 13.1. The maximum Gasteiger partial charge on any atom is 0.328 e. The van der Waals surface area contributed by atoms with Crippen molar-refractivity contribution < 1.29 is 23.9 Å². The topological polar surface area (TPSA) is 81.7 Å². The van der Waals surface area contributed by atoms with Crippen LogP contribution in [0.15, 0.2) is 0 Å². The lowest BCUT2D eigenvalue weighted by atomic mass is 10.1. The Labute approximate surface area is 139 Å². The molecule has 0 fully saturated rings. The molecule has 0 aromatic heterocycles. The highest BCUT2D eigenvalue weighted by molar-refractivity contribution is 5.84. The normalized spacial score (nSPS) is 11.6. The Bertz CT molecular complexity index is 357. The van der Waals surface area contributed by atoms with Gasteiger partial charge in [-0.05, 0) is 25.7 Å². The van der Waals surface area contributed by atoms with Crippen molar-refractivity contribution in [3.05, 3.63) is 0 Å². The minimum Gasteiger partial charge on any atom is -0.466 e. The predicted molar refractivity (Wildman–Crippen MR) is 87.8 cm³/mol. The number of hydrogen-bond acceptors (Lipinski definition) is 5. The summed E-state index contributed by atoms with van der Waals surface area (Å²) < 4.78 is 10.2. The molecule has 0 saturated carbocycles. The van der Waals surface area contributed by atoms with Gasteiger partial charge in [0.2, 0.25) is 5.91 Å². The fraction of sp³-hybridized carbons (Fsp3) is 0.824. The Morgan fingerprint density at radius 1 is 0.870 bits per heavy atom. The summed E-state index contributed by atoms with van der Waals surface area (Å²) >= 11 is 0. The smallest absolute Gasteiger partial charge is 0.328 e. The zero-order chi connectivity index (χ0) is 17.5. The quantitative estimate of drug-likeness (QED) is 0.415. The van der Waals surface area contributed by atoms with Crippen molar-refractivity contribution in [1.82, 2.24) is 5.32 Å². The Balaban J connectivity index is 4.37. The molecule has 23 heavy (non-hydrogen) atoms. The summed E-state index contributed by atoms with van der Waals surface area (Å²) in [5.74, 6) is -1.04. The van der Waals surface area contributed by atoms with Gasteiger partial charge in [-0.3, -0.25) is 9.59 Å². The Morgan fingerprint density at radius 3 is 2.04 bits per heavy atom. The summed E-state index contributed by atoms with van der Waals surface area (Å²) in [4.78, 5) is 35.4. The fourth-order valence-electron chi connectivity index (χ4n) is 1.82. The summed E-state index contributed by atoms with van der Waals surface area (Å²) in [6.45, 7) is 6.62. The lowest BCUT2D eigenvalue weighted by molar-refractivity contribution is -0.149. The van der Waals surface area contributed by atoms with E-state index in [2.05, 4.69) is 5.32 Å². The highest BCUT2D eigenvalue weighted by Gasteiger charge is 2.23. The van der Waals surface area contributed by atoms with Crippen LogP contribution < -0.4 is 5.32 Å². The zero-order valence-electron chi connectivity index (χ0n) is 14.7. The van der Waals surface area contributed by atoms with E-state index in [-0.39, 0.29) is 24.7 Å². The van der Waals surface area contributed by atoms with Gasteiger partial charge in [-0.25, -0.2) is 4.79 Å². The van der Waals surface area contributed by atoms with E-state index in [1.807, 2.05) is 20.8 Å². The van der Waals surface area contributed by atoms with Crippen molar-refractivity contribution in [2.24, 2.45) is 0 Å². The summed E-state index contributed by atoms with van der Waals surface area (Å²) in [5.41, 5.74) is 0. The molecule has 134 valence electrons. The molecule has 6 nitrogen and oxygen atoms in total. The van der Waals surface area contributed by atoms with Crippen LogP contribution in [0, 0.1) is 0 Å². The van der Waals surface area contributed by atoms with Gasteiger partial charge in [-0.1, -0.05) is 33.6 Å². The number of unbranched alkanes of at least 4 members (excludes halogenated alkanes) is 2. The first-order chi connectivity index (χ1) is 11.0. The molecule has 6 heteroatoms. The van der Waals surface area contributed by atoms with E-state index < -0.39 is 12.0 Å². The largest absolute Gasteiger partial charge is 0.466 e. The van der Waals surface area contributed by atoms with E-state index >= 15 is 0 Å². The molecule has 0 aliphatic rings. The predicted octanol–water partition coefficient (Wildman–Crippen LogP) is 2.74. The maximum atomic E-state index is 12.0. The van der Waals surface area contributed by atoms with E-state index in [0.29, 0.717) is 26.1 Å². The molecule has 0 aromatic rings. The standard InChI is InChI=1S/C17H31NO5/c1-4-7-12-22-16(20)11-10-14(18-15(19)9-6-3)17(21)23-13-8-5-2/h14H,4-13H2,1-3H3,(H,18,19)/t14-/m0/s1. The first kappa shape index (κ1) is 21.4. The summed E-state index contributed by atoms with van der Waals surface area (Å²) in [5, 5.41) is 2.65. The third kappa shape index (κ3) is 11.6. The minimum absolute atomic E-state index is 0.0870. The number of hydrogen-bond donors (Lipinski definition) is 1. The number of amides is 1. The van der Waals surface area contributed by atoms with Crippen LogP contribution in [-0.2, 0) is 23.9 Å². The number of nitrogens with one attached hydrogen (secondary N) is 1. The van der Waals surface area contributed by atoms with Crippen LogP contribution in [0.2, 0.25) is 0 Å². The molecule has 0 heterocycles. The number of carbonyl (C=O) groups excluding carboxylic acids is 3. The molecule has 0 aliphatic carbocycles. The third-order valence-corrected chi connectivity index (χ3v) is 3.24. The summed E-state index contributed by atoms with van der Waals surface area (Å²) in [6, 6.07) is -0.787. The van der Waals surface area contributed by atoms with E-state index in [0.717, 1.165) is 25.7 Å². The van der Waals surface area contributed by atoms with E-state index in [1.54, 1.807) is 0 Å². The monoisotopic (exact) mass is 329 g/mol. The second-order valence-corrected chi connectivity index (χ2v) is 5.50. The van der Waals surface area contributed by atoms with Crippen molar-refractivity contribution in [2.75, 3.05) is 13.2 Å². The number of rotatable bonds is 13. The van der Waals surface area contributed by atoms with Crippen LogP contribution in [-0.4, -0.2) is 37.1 Å². The number of carbonyl (C=O) groups is 3. The molecule has 0 saturated heterocycles. The molecular weight excluding hydrogens is 298 g/mol. The molecule has 0 spiro atoms. The molecule has 0 rings (SSSR count). The van der Waals surface area contributed by atoms with Crippen molar-refractivity contribution in [3.8, 4) is 0 Å². The molecular formula is C17H31NO5. The lowest BCUT2D eigenvalue weighted by Crippen LogP contribution is -2.42. The molecule has 0 bridgehead atoms. The third-order valence-electron chi connectivity index (χ3n) is 3.24. The molecule has 0 aliphatic heterocycles. The second kappa shape index (κ2) is 14.0. The van der Waals surface area contributed by atoms with Crippen molar-refractivity contribution >= 4 is 17.8 Å². The second-order valence-electron chi connectivity index (χ2n) is 5.50. The Morgan fingerprint density at radius 2 is 1.48 bits per heavy atom. The molecule has 0 aromatic carbocycles. The maximum absolute atomic E-state index is 12.0. The molecule has 0 unspecified atom stereocenters. The Hall–Kier alpha value is -1.59. The first-order valence-electron chi connectivity index (χ1n) is 8.66. The molecule has 1 N–H and O–H groups in total. The van der Waals surface area contributed by atoms with E-state index in [1.165, 1.54) is 0 Å². The van der Waals surface area contributed by atoms with Crippen LogP contribution in [0.25, 0.3) is 0 Å². The van der Waals surface area contributed by atoms with Crippen LogP contribution >= 0.6 is 0 Å². The van der Waals surface area contributed by atoms with Gasteiger partial charge in [0.1, 0.15) is 6.04 Å². The van der Waals surface area contributed by atoms with Crippen LogP contribution in [0.3, 0.4) is 0 Å². The minimum atomic E-state index is -0.787. The fourth-order valence-corrected chi connectivity index (χ4v) is 1.82.